The molecule has 1 unspecified atom stereocenters. The second kappa shape index (κ2) is 4.33. The highest BCUT2D eigenvalue weighted by Gasteiger charge is 2.14. The molecule has 1 amide bonds. The van der Waals surface area contributed by atoms with Crippen molar-refractivity contribution in [3.8, 4) is 0 Å². The Morgan fingerprint density at radius 1 is 1.38 bits per heavy atom. The molecule has 0 aliphatic rings. The lowest BCUT2D eigenvalue weighted by atomic mass is 10.3. The number of carbonyl (C=O) groups is 1. The standard InChI is InChI=1S/C10H13NOS/c1-8(13)10(12)11(2)9-6-4-3-5-7-9/h3-8,13H,1-2H3. The molecule has 13 heavy (non-hydrogen) atoms. The maximum atomic E-state index is 11.5. The molecule has 1 aromatic carbocycles. The van der Waals surface area contributed by atoms with Crippen LogP contribution in [0.4, 0.5) is 5.69 Å². The predicted octanol–water partition coefficient (Wildman–Crippen LogP) is 1.97. The zero-order valence-corrected chi connectivity index (χ0v) is 8.66. The van der Waals surface area contributed by atoms with E-state index >= 15 is 0 Å². The first-order valence-corrected chi connectivity index (χ1v) is 4.65. The Morgan fingerprint density at radius 3 is 2.38 bits per heavy atom. The number of benzene rings is 1. The molecule has 0 aliphatic carbocycles. The van der Waals surface area contributed by atoms with Gasteiger partial charge in [-0.25, -0.2) is 0 Å². The van der Waals surface area contributed by atoms with Gasteiger partial charge in [0.2, 0.25) is 5.91 Å². The highest BCUT2D eigenvalue weighted by Crippen LogP contribution is 2.13. The summed E-state index contributed by atoms with van der Waals surface area (Å²) in [5.74, 6) is 0.00883. The van der Waals surface area contributed by atoms with Crippen molar-refractivity contribution in [3.05, 3.63) is 30.3 Å². The number of hydrogen-bond acceptors (Lipinski definition) is 2. The summed E-state index contributed by atoms with van der Waals surface area (Å²) >= 11 is 4.09. The van der Waals surface area contributed by atoms with Crippen molar-refractivity contribution in [2.75, 3.05) is 11.9 Å². The van der Waals surface area contributed by atoms with Gasteiger partial charge in [0.25, 0.3) is 0 Å². The van der Waals surface area contributed by atoms with E-state index in [-0.39, 0.29) is 11.2 Å². The Hall–Kier alpha value is -0.960. The van der Waals surface area contributed by atoms with Crippen molar-refractivity contribution in [2.24, 2.45) is 0 Å². The van der Waals surface area contributed by atoms with Gasteiger partial charge in [0.15, 0.2) is 0 Å². The molecule has 0 fully saturated rings. The molecule has 1 rings (SSSR count). The summed E-state index contributed by atoms with van der Waals surface area (Å²) in [7, 11) is 1.75. The third kappa shape index (κ3) is 2.49. The van der Waals surface area contributed by atoms with Gasteiger partial charge in [-0.2, -0.15) is 12.6 Å². The number of rotatable bonds is 2. The van der Waals surface area contributed by atoms with Gasteiger partial charge < -0.3 is 4.90 Å². The molecule has 3 heteroatoms. The van der Waals surface area contributed by atoms with Crippen molar-refractivity contribution < 1.29 is 4.79 Å². The molecule has 1 aromatic rings. The van der Waals surface area contributed by atoms with Crippen LogP contribution in [0.25, 0.3) is 0 Å². The third-order valence-corrected chi connectivity index (χ3v) is 2.05. The molecule has 0 N–H and O–H groups in total. The normalized spacial score (nSPS) is 12.2. The van der Waals surface area contributed by atoms with E-state index < -0.39 is 0 Å². The minimum absolute atomic E-state index is 0.00883. The van der Waals surface area contributed by atoms with E-state index in [0.717, 1.165) is 5.69 Å². The van der Waals surface area contributed by atoms with Crippen LogP contribution in [0.3, 0.4) is 0 Å². The Kier molecular flexibility index (Phi) is 3.37. The Bertz CT molecular complexity index is 284. The minimum Gasteiger partial charge on any atom is -0.315 e. The largest absolute Gasteiger partial charge is 0.315 e. The Balaban J connectivity index is 2.80. The molecule has 2 nitrogen and oxygen atoms in total. The van der Waals surface area contributed by atoms with E-state index in [1.54, 1.807) is 18.9 Å². The summed E-state index contributed by atoms with van der Waals surface area (Å²) in [5, 5.41) is -0.259. The first-order chi connectivity index (χ1) is 6.13. The van der Waals surface area contributed by atoms with Crippen LogP contribution in [0.2, 0.25) is 0 Å². The highest BCUT2D eigenvalue weighted by atomic mass is 32.1. The maximum absolute atomic E-state index is 11.5. The van der Waals surface area contributed by atoms with Crippen LogP contribution < -0.4 is 4.90 Å². The second-order valence-electron chi connectivity index (χ2n) is 2.91. The van der Waals surface area contributed by atoms with E-state index in [0.29, 0.717) is 0 Å². The topological polar surface area (TPSA) is 20.3 Å². The lowest BCUT2D eigenvalue weighted by Gasteiger charge is -2.18. The summed E-state index contributed by atoms with van der Waals surface area (Å²) in [6.07, 6.45) is 0. The van der Waals surface area contributed by atoms with E-state index in [4.69, 9.17) is 0 Å². The van der Waals surface area contributed by atoms with Crippen molar-refractivity contribution >= 4 is 24.2 Å². The zero-order valence-electron chi connectivity index (χ0n) is 7.77. The van der Waals surface area contributed by atoms with Crippen LogP contribution in [0.15, 0.2) is 30.3 Å². The fourth-order valence-corrected chi connectivity index (χ4v) is 1.23. The van der Waals surface area contributed by atoms with Gasteiger partial charge in [0.05, 0.1) is 5.25 Å². The minimum atomic E-state index is -0.259. The zero-order chi connectivity index (χ0) is 9.84. The van der Waals surface area contributed by atoms with Crippen molar-refractivity contribution in [1.29, 1.82) is 0 Å². The van der Waals surface area contributed by atoms with Crippen LogP contribution in [-0.2, 0) is 4.79 Å². The number of anilines is 1. The fraction of sp³-hybridized carbons (Fsp3) is 0.300. The van der Waals surface area contributed by atoms with Gasteiger partial charge in [-0.3, -0.25) is 4.79 Å². The Morgan fingerprint density at radius 2 is 1.92 bits per heavy atom. The summed E-state index contributed by atoms with van der Waals surface area (Å²) in [6.45, 7) is 1.77. The number of carbonyl (C=O) groups excluding carboxylic acids is 1. The quantitative estimate of drug-likeness (QED) is 0.715. The SMILES string of the molecule is CC(S)C(=O)N(C)c1ccccc1. The molecule has 0 saturated carbocycles. The van der Waals surface area contributed by atoms with Crippen molar-refractivity contribution in [1.82, 2.24) is 0 Å². The van der Waals surface area contributed by atoms with Gasteiger partial charge in [0.1, 0.15) is 0 Å². The number of amides is 1. The average molecular weight is 195 g/mol. The molecule has 0 radical (unpaired) electrons. The molecule has 70 valence electrons. The second-order valence-corrected chi connectivity index (χ2v) is 3.68. The van der Waals surface area contributed by atoms with Gasteiger partial charge >= 0.3 is 0 Å². The molecule has 0 aliphatic heterocycles. The monoisotopic (exact) mass is 195 g/mol. The van der Waals surface area contributed by atoms with Crippen LogP contribution in [0.1, 0.15) is 6.92 Å². The van der Waals surface area contributed by atoms with Crippen LogP contribution in [-0.4, -0.2) is 18.2 Å². The van der Waals surface area contributed by atoms with Gasteiger partial charge in [-0.15, -0.1) is 0 Å². The van der Waals surface area contributed by atoms with E-state index in [1.807, 2.05) is 30.3 Å². The lowest BCUT2D eigenvalue weighted by molar-refractivity contribution is -0.117. The first kappa shape index (κ1) is 10.1. The summed E-state index contributed by atoms with van der Waals surface area (Å²) in [5.41, 5.74) is 0.897. The molecule has 0 heterocycles. The number of hydrogen-bond donors (Lipinski definition) is 1. The Labute approximate surface area is 84.0 Å². The molecule has 1 atom stereocenters. The highest BCUT2D eigenvalue weighted by molar-refractivity contribution is 7.81. The van der Waals surface area contributed by atoms with Gasteiger partial charge in [-0.1, -0.05) is 18.2 Å². The predicted molar refractivity (Wildman–Crippen MR) is 58.3 cm³/mol. The molecule has 0 aromatic heterocycles. The number of para-hydroxylation sites is 1. The van der Waals surface area contributed by atoms with E-state index in [2.05, 4.69) is 12.6 Å². The first-order valence-electron chi connectivity index (χ1n) is 4.13. The van der Waals surface area contributed by atoms with E-state index in [9.17, 15) is 4.79 Å². The summed E-state index contributed by atoms with van der Waals surface area (Å²) in [4.78, 5) is 13.1. The summed E-state index contributed by atoms with van der Waals surface area (Å²) in [6, 6.07) is 9.53. The fourth-order valence-electron chi connectivity index (χ4n) is 1.06. The molecular formula is C10H13NOS. The summed E-state index contributed by atoms with van der Waals surface area (Å²) < 4.78 is 0. The lowest BCUT2D eigenvalue weighted by Crippen LogP contribution is -2.31. The van der Waals surface area contributed by atoms with Gasteiger partial charge in [0, 0.05) is 12.7 Å². The smallest absolute Gasteiger partial charge is 0.239 e. The van der Waals surface area contributed by atoms with E-state index in [1.165, 1.54) is 0 Å². The molecule has 0 saturated heterocycles. The molecule has 0 spiro atoms. The molecule has 0 bridgehead atoms. The average Bonchev–Trinajstić information content (AvgIpc) is 2.17. The van der Waals surface area contributed by atoms with Crippen LogP contribution in [0, 0.1) is 0 Å². The number of thiol groups is 1. The number of nitrogens with zero attached hydrogens (tertiary/aromatic N) is 1. The maximum Gasteiger partial charge on any atom is 0.239 e. The van der Waals surface area contributed by atoms with Crippen LogP contribution in [0.5, 0.6) is 0 Å². The van der Waals surface area contributed by atoms with Crippen molar-refractivity contribution in [2.45, 2.75) is 12.2 Å². The third-order valence-electron chi connectivity index (χ3n) is 1.83. The molecular weight excluding hydrogens is 182 g/mol. The van der Waals surface area contributed by atoms with Crippen molar-refractivity contribution in [3.63, 3.8) is 0 Å². The van der Waals surface area contributed by atoms with Crippen LogP contribution >= 0.6 is 12.6 Å². The van der Waals surface area contributed by atoms with Gasteiger partial charge in [-0.05, 0) is 19.1 Å².